The molecule has 1 saturated carbocycles. The molecule has 1 aliphatic rings. The summed E-state index contributed by atoms with van der Waals surface area (Å²) in [6.45, 7) is 5.37. The second-order valence-corrected chi connectivity index (χ2v) is 6.16. The number of alkyl halides is 1. The van der Waals surface area contributed by atoms with Crippen LogP contribution in [0.25, 0.3) is 0 Å². The summed E-state index contributed by atoms with van der Waals surface area (Å²) in [6.07, 6.45) is 4.81. The molecule has 0 aromatic carbocycles. The van der Waals surface area contributed by atoms with Crippen LogP contribution in [0.4, 0.5) is 0 Å². The van der Waals surface area contributed by atoms with E-state index in [1.807, 2.05) is 10.9 Å². The zero-order valence-corrected chi connectivity index (χ0v) is 13.2. The summed E-state index contributed by atoms with van der Waals surface area (Å²) < 4.78 is 18.5. The standard InChI is InChI=1S/C13H21BrN2O3/c1-9(2)16-8-10(7-15-16)19-12-6-11(14)13(12)18-5-4-17-3/h7-9,11-13H,4-6H2,1-3H3. The van der Waals surface area contributed by atoms with Gasteiger partial charge in [0, 0.05) is 24.4 Å². The molecular formula is C13H21BrN2O3. The van der Waals surface area contributed by atoms with Gasteiger partial charge in [-0.2, -0.15) is 5.10 Å². The molecule has 0 N–H and O–H groups in total. The topological polar surface area (TPSA) is 45.5 Å². The average molecular weight is 333 g/mol. The first kappa shape index (κ1) is 14.8. The predicted molar refractivity (Wildman–Crippen MR) is 76.0 cm³/mol. The Morgan fingerprint density at radius 3 is 2.84 bits per heavy atom. The van der Waals surface area contributed by atoms with Crippen LogP contribution < -0.4 is 4.74 Å². The van der Waals surface area contributed by atoms with Crippen LogP contribution >= 0.6 is 15.9 Å². The minimum absolute atomic E-state index is 0.0811. The van der Waals surface area contributed by atoms with Gasteiger partial charge in [-0.1, -0.05) is 15.9 Å². The van der Waals surface area contributed by atoms with E-state index in [4.69, 9.17) is 14.2 Å². The summed E-state index contributed by atoms with van der Waals surface area (Å²) in [4.78, 5) is 0.356. The highest BCUT2D eigenvalue weighted by Crippen LogP contribution is 2.34. The van der Waals surface area contributed by atoms with E-state index in [-0.39, 0.29) is 12.2 Å². The molecule has 5 nitrogen and oxygen atoms in total. The number of halogens is 1. The zero-order chi connectivity index (χ0) is 13.8. The smallest absolute Gasteiger partial charge is 0.157 e. The molecular weight excluding hydrogens is 312 g/mol. The Kier molecular flexibility index (Phi) is 5.24. The van der Waals surface area contributed by atoms with Crippen LogP contribution in [0, 0.1) is 0 Å². The maximum Gasteiger partial charge on any atom is 0.157 e. The fraction of sp³-hybridized carbons (Fsp3) is 0.769. The van der Waals surface area contributed by atoms with Crippen molar-refractivity contribution in [3.8, 4) is 5.75 Å². The molecule has 0 bridgehead atoms. The van der Waals surface area contributed by atoms with Crippen molar-refractivity contribution < 1.29 is 14.2 Å². The average Bonchev–Trinajstić information content (AvgIpc) is 2.83. The first-order chi connectivity index (χ1) is 9.11. The summed E-state index contributed by atoms with van der Waals surface area (Å²) in [5, 5.41) is 4.27. The summed E-state index contributed by atoms with van der Waals surface area (Å²) in [5.41, 5.74) is 0. The van der Waals surface area contributed by atoms with Crippen LogP contribution in [0.3, 0.4) is 0 Å². The van der Waals surface area contributed by atoms with Crippen LogP contribution in [0.5, 0.6) is 5.75 Å². The highest BCUT2D eigenvalue weighted by molar-refractivity contribution is 9.09. The fourth-order valence-electron chi connectivity index (χ4n) is 1.96. The van der Waals surface area contributed by atoms with Crippen LogP contribution in [-0.4, -0.2) is 47.1 Å². The predicted octanol–water partition coefficient (Wildman–Crippen LogP) is 2.41. The van der Waals surface area contributed by atoms with Crippen LogP contribution in [0.15, 0.2) is 12.4 Å². The van der Waals surface area contributed by atoms with Gasteiger partial charge in [-0.05, 0) is 13.8 Å². The third kappa shape index (κ3) is 3.70. The molecule has 108 valence electrons. The Hall–Kier alpha value is -0.590. The molecule has 1 heterocycles. The van der Waals surface area contributed by atoms with Crippen molar-refractivity contribution >= 4 is 15.9 Å². The Morgan fingerprint density at radius 2 is 2.26 bits per heavy atom. The Labute approximate surface area is 122 Å². The maximum absolute atomic E-state index is 5.92. The van der Waals surface area contributed by atoms with Crippen LogP contribution in [0.1, 0.15) is 26.3 Å². The molecule has 6 heteroatoms. The Balaban J connectivity index is 1.84. The van der Waals surface area contributed by atoms with Crippen molar-refractivity contribution in [3.05, 3.63) is 12.4 Å². The van der Waals surface area contributed by atoms with Gasteiger partial charge < -0.3 is 14.2 Å². The number of nitrogens with zero attached hydrogens (tertiary/aromatic N) is 2. The first-order valence-electron chi connectivity index (χ1n) is 6.57. The summed E-state index contributed by atoms with van der Waals surface area (Å²) in [7, 11) is 1.67. The van der Waals surface area contributed by atoms with Gasteiger partial charge in [-0.3, -0.25) is 4.68 Å². The van der Waals surface area contributed by atoms with Gasteiger partial charge in [0.15, 0.2) is 5.75 Å². The molecule has 1 fully saturated rings. The van der Waals surface area contributed by atoms with Gasteiger partial charge in [-0.25, -0.2) is 0 Å². The second kappa shape index (κ2) is 6.72. The molecule has 19 heavy (non-hydrogen) atoms. The molecule has 3 unspecified atom stereocenters. The molecule has 2 rings (SSSR count). The van der Waals surface area contributed by atoms with E-state index in [0.717, 1.165) is 12.2 Å². The second-order valence-electron chi connectivity index (χ2n) is 4.99. The van der Waals surface area contributed by atoms with Crippen molar-refractivity contribution in [2.45, 2.75) is 43.3 Å². The third-order valence-electron chi connectivity index (χ3n) is 3.17. The number of aromatic nitrogens is 2. The van der Waals surface area contributed by atoms with Crippen molar-refractivity contribution in [2.75, 3.05) is 20.3 Å². The third-order valence-corrected chi connectivity index (χ3v) is 4.07. The number of methoxy groups -OCH3 is 1. The minimum Gasteiger partial charge on any atom is -0.484 e. The van der Waals surface area contributed by atoms with Crippen molar-refractivity contribution in [3.63, 3.8) is 0 Å². The molecule has 0 spiro atoms. The first-order valence-corrected chi connectivity index (χ1v) is 7.48. The van der Waals surface area contributed by atoms with Gasteiger partial charge in [0.1, 0.15) is 12.2 Å². The lowest BCUT2D eigenvalue weighted by molar-refractivity contribution is -0.0865. The number of ether oxygens (including phenoxy) is 3. The molecule has 1 aliphatic carbocycles. The Morgan fingerprint density at radius 1 is 1.47 bits per heavy atom. The molecule has 0 amide bonds. The number of hydrogen-bond acceptors (Lipinski definition) is 4. The minimum atomic E-state index is 0.0811. The lowest BCUT2D eigenvalue weighted by atomic mass is 9.91. The van der Waals surface area contributed by atoms with Gasteiger partial charge in [-0.15, -0.1) is 0 Å². The molecule has 3 atom stereocenters. The molecule has 1 aromatic rings. The van der Waals surface area contributed by atoms with Crippen molar-refractivity contribution in [1.82, 2.24) is 9.78 Å². The summed E-state index contributed by atoms with van der Waals surface area (Å²) in [5.74, 6) is 0.804. The Bertz CT molecular complexity index is 397. The van der Waals surface area contributed by atoms with E-state index < -0.39 is 0 Å². The van der Waals surface area contributed by atoms with E-state index in [2.05, 4.69) is 34.9 Å². The largest absolute Gasteiger partial charge is 0.484 e. The molecule has 1 aromatic heterocycles. The van der Waals surface area contributed by atoms with E-state index in [0.29, 0.717) is 24.1 Å². The summed E-state index contributed by atoms with van der Waals surface area (Å²) in [6, 6.07) is 0.344. The fourth-order valence-corrected chi connectivity index (χ4v) is 2.82. The highest BCUT2D eigenvalue weighted by atomic mass is 79.9. The summed E-state index contributed by atoms with van der Waals surface area (Å²) >= 11 is 3.59. The normalized spacial score (nSPS) is 26.5. The van der Waals surface area contributed by atoms with E-state index in [1.54, 1.807) is 13.3 Å². The number of rotatable bonds is 7. The van der Waals surface area contributed by atoms with Gasteiger partial charge in [0.25, 0.3) is 0 Å². The van der Waals surface area contributed by atoms with Crippen LogP contribution in [0.2, 0.25) is 0 Å². The maximum atomic E-state index is 5.92. The van der Waals surface area contributed by atoms with Gasteiger partial charge >= 0.3 is 0 Å². The zero-order valence-electron chi connectivity index (χ0n) is 11.6. The molecule has 0 saturated heterocycles. The lowest BCUT2D eigenvalue weighted by Crippen LogP contribution is -2.52. The SMILES string of the molecule is COCCOC1C(Br)CC1Oc1cnn(C(C)C)c1. The van der Waals surface area contributed by atoms with Crippen molar-refractivity contribution in [2.24, 2.45) is 0 Å². The quantitative estimate of drug-likeness (QED) is 0.568. The molecule has 0 radical (unpaired) electrons. The van der Waals surface area contributed by atoms with Crippen LogP contribution in [-0.2, 0) is 9.47 Å². The van der Waals surface area contributed by atoms with Gasteiger partial charge in [0.05, 0.1) is 25.6 Å². The van der Waals surface area contributed by atoms with E-state index in [1.165, 1.54) is 0 Å². The highest BCUT2D eigenvalue weighted by Gasteiger charge is 2.42. The molecule has 0 aliphatic heterocycles. The van der Waals surface area contributed by atoms with Crippen molar-refractivity contribution in [1.29, 1.82) is 0 Å². The van der Waals surface area contributed by atoms with E-state index in [9.17, 15) is 0 Å². The van der Waals surface area contributed by atoms with E-state index >= 15 is 0 Å². The van der Waals surface area contributed by atoms with Gasteiger partial charge in [0.2, 0.25) is 0 Å². The number of hydrogen-bond donors (Lipinski definition) is 0. The lowest BCUT2D eigenvalue weighted by Gasteiger charge is -2.40. The monoisotopic (exact) mass is 332 g/mol.